The first-order valence-corrected chi connectivity index (χ1v) is 12.6. The van der Waals surface area contributed by atoms with Crippen molar-refractivity contribution in [1.82, 2.24) is 9.38 Å². The van der Waals surface area contributed by atoms with Gasteiger partial charge < -0.3 is 4.40 Å². The Bertz CT molecular complexity index is 1990. The van der Waals surface area contributed by atoms with E-state index >= 15 is 0 Å². The Morgan fingerprint density at radius 2 is 1.51 bits per heavy atom. The molecule has 0 fully saturated rings. The summed E-state index contributed by atoms with van der Waals surface area (Å²) in [5.74, 6) is 0. The highest BCUT2D eigenvalue weighted by Crippen LogP contribution is 2.44. The summed E-state index contributed by atoms with van der Waals surface area (Å²) < 4.78 is 2.56. The molecular weight excluding hydrogens is 422 g/mol. The lowest BCUT2D eigenvalue weighted by Crippen LogP contribution is -2.30. The van der Waals surface area contributed by atoms with Gasteiger partial charge in [0.05, 0.1) is 22.1 Å². The molecule has 3 aromatic heterocycles. The van der Waals surface area contributed by atoms with E-state index < -0.39 is 0 Å². The van der Waals surface area contributed by atoms with Gasteiger partial charge in [0.15, 0.2) is 7.85 Å². The van der Waals surface area contributed by atoms with Crippen molar-refractivity contribution in [1.29, 1.82) is 0 Å². The van der Waals surface area contributed by atoms with Gasteiger partial charge in [0.25, 0.3) is 0 Å². The lowest BCUT2D eigenvalue weighted by Gasteiger charge is -2.22. The van der Waals surface area contributed by atoms with Gasteiger partial charge in [0, 0.05) is 21.5 Å². The minimum atomic E-state index is 0.191. The average molecular weight is 450 g/mol. The van der Waals surface area contributed by atoms with E-state index in [2.05, 4.69) is 108 Å². The first-order chi connectivity index (χ1) is 16.7. The summed E-state index contributed by atoms with van der Waals surface area (Å²) in [6, 6.07) is 22.6. The number of fused-ring (bicyclic) bond motifs is 7. The van der Waals surface area contributed by atoms with Crippen molar-refractivity contribution >= 4 is 86.5 Å². The lowest BCUT2D eigenvalue weighted by atomic mass is 9.78. The molecule has 0 unspecified atom stereocenters. The van der Waals surface area contributed by atoms with Crippen LogP contribution in [0.3, 0.4) is 0 Å². The number of pyridine rings is 2. The standard InChI is InChI=1S/C31H28B2N2/c1-16-19-10-6-5-9-17(19)13-22-27-25-21(26(32)30(33)34-27)14-18(15-31(2,3)4)24-20-11-7-8-12-23(20)35(28(16)22)29(24)25/h5-14H,15,32-33H2,1-4H3. The summed E-state index contributed by atoms with van der Waals surface area (Å²) in [6.45, 7) is 9.31. The van der Waals surface area contributed by atoms with Crippen molar-refractivity contribution in [3.8, 4) is 0 Å². The molecule has 35 heavy (non-hydrogen) atoms. The minimum Gasteiger partial charge on any atom is -0.308 e. The molecule has 0 aliphatic carbocycles. The number of rotatable bonds is 1. The molecule has 0 amide bonds. The number of hydrogen-bond acceptors (Lipinski definition) is 1. The van der Waals surface area contributed by atoms with Gasteiger partial charge in [-0.3, -0.25) is 4.98 Å². The third-order valence-corrected chi connectivity index (χ3v) is 7.96. The van der Waals surface area contributed by atoms with Crippen LogP contribution in [-0.2, 0) is 6.42 Å². The van der Waals surface area contributed by atoms with Gasteiger partial charge in [0.1, 0.15) is 7.85 Å². The Morgan fingerprint density at radius 3 is 2.29 bits per heavy atom. The summed E-state index contributed by atoms with van der Waals surface area (Å²) in [5.41, 5.74) is 10.4. The topological polar surface area (TPSA) is 17.3 Å². The molecule has 4 heteroatoms. The van der Waals surface area contributed by atoms with Gasteiger partial charge in [-0.15, -0.1) is 0 Å². The van der Waals surface area contributed by atoms with Crippen LogP contribution in [0.5, 0.6) is 0 Å². The van der Waals surface area contributed by atoms with Crippen molar-refractivity contribution in [2.45, 2.75) is 34.1 Å². The molecule has 168 valence electrons. The van der Waals surface area contributed by atoms with Crippen LogP contribution in [0.25, 0.3) is 59.8 Å². The highest BCUT2D eigenvalue weighted by Gasteiger charge is 2.25. The van der Waals surface area contributed by atoms with E-state index in [1.807, 2.05) is 0 Å². The first-order valence-electron chi connectivity index (χ1n) is 12.6. The highest BCUT2D eigenvalue weighted by atomic mass is 14.9. The van der Waals surface area contributed by atoms with Gasteiger partial charge in [0.2, 0.25) is 0 Å². The van der Waals surface area contributed by atoms with Crippen LogP contribution < -0.4 is 11.1 Å². The molecule has 7 aromatic rings. The van der Waals surface area contributed by atoms with E-state index in [1.165, 1.54) is 70.8 Å². The zero-order valence-corrected chi connectivity index (χ0v) is 21.4. The number of aromatic nitrogens is 2. The normalized spacial score (nSPS) is 12.9. The summed E-state index contributed by atoms with van der Waals surface area (Å²) >= 11 is 0. The fourth-order valence-corrected chi connectivity index (χ4v) is 6.41. The van der Waals surface area contributed by atoms with Crippen LogP contribution in [0.15, 0.2) is 60.7 Å². The molecule has 0 aliphatic rings. The maximum atomic E-state index is 5.26. The zero-order chi connectivity index (χ0) is 24.2. The van der Waals surface area contributed by atoms with E-state index in [-0.39, 0.29) is 5.41 Å². The third-order valence-electron chi connectivity index (χ3n) is 7.96. The first kappa shape index (κ1) is 20.8. The molecule has 7 rings (SSSR count). The fraction of sp³-hybridized carbons (Fsp3) is 0.194. The van der Waals surface area contributed by atoms with Crippen LogP contribution in [0.1, 0.15) is 31.9 Å². The predicted octanol–water partition coefficient (Wildman–Crippen LogP) is 4.95. The van der Waals surface area contributed by atoms with Crippen LogP contribution in [0, 0.1) is 12.3 Å². The number of para-hydroxylation sites is 1. The van der Waals surface area contributed by atoms with Crippen molar-refractivity contribution in [3.63, 3.8) is 0 Å². The molecule has 2 nitrogen and oxygen atoms in total. The van der Waals surface area contributed by atoms with Gasteiger partial charge >= 0.3 is 0 Å². The van der Waals surface area contributed by atoms with E-state index in [1.54, 1.807) is 0 Å². The van der Waals surface area contributed by atoms with Gasteiger partial charge in [-0.2, -0.15) is 0 Å². The molecule has 0 radical (unpaired) electrons. The Labute approximate surface area is 207 Å². The maximum absolute atomic E-state index is 5.26. The van der Waals surface area contributed by atoms with Crippen molar-refractivity contribution in [3.05, 3.63) is 71.8 Å². The largest absolute Gasteiger partial charge is 0.308 e. The van der Waals surface area contributed by atoms with E-state index in [4.69, 9.17) is 4.98 Å². The molecule has 0 bridgehead atoms. The quantitative estimate of drug-likeness (QED) is 0.197. The molecule has 0 spiro atoms. The average Bonchev–Trinajstić information content (AvgIpc) is 3.16. The summed E-state index contributed by atoms with van der Waals surface area (Å²) in [7, 11) is 4.40. The molecule has 0 saturated heterocycles. The van der Waals surface area contributed by atoms with E-state index in [0.29, 0.717) is 0 Å². The minimum absolute atomic E-state index is 0.191. The van der Waals surface area contributed by atoms with Gasteiger partial charge in [-0.25, -0.2) is 0 Å². The second-order valence-electron chi connectivity index (χ2n) is 11.6. The Kier molecular flexibility index (Phi) is 4.04. The zero-order valence-electron chi connectivity index (χ0n) is 21.4. The number of aryl methyl sites for hydroxylation is 1. The van der Waals surface area contributed by atoms with Gasteiger partial charge in [-0.1, -0.05) is 74.8 Å². The monoisotopic (exact) mass is 450 g/mol. The number of benzene rings is 4. The van der Waals surface area contributed by atoms with Crippen LogP contribution in [-0.4, -0.2) is 25.1 Å². The molecule has 0 N–H and O–H groups in total. The van der Waals surface area contributed by atoms with E-state index in [9.17, 15) is 0 Å². The fourth-order valence-electron chi connectivity index (χ4n) is 6.41. The summed E-state index contributed by atoms with van der Waals surface area (Å²) in [6.07, 6.45) is 1.03. The summed E-state index contributed by atoms with van der Waals surface area (Å²) in [5, 5.41) is 9.22. The lowest BCUT2D eigenvalue weighted by molar-refractivity contribution is 0.413. The molecule has 0 atom stereocenters. The molecular formula is C31H28B2N2. The number of nitrogens with zero attached hydrogens (tertiary/aromatic N) is 2. The summed E-state index contributed by atoms with van der Waals surface area (Å²) in [4.78, 5) is 5.26. The number of hydrogen-bond donors (Lipinski definition) is 0. The molecule has 3 heterocycles. The predicted molar refractivity (Wildman–Crippen MR) is 158 cm³/mol. The van der Waals surface area contributed by atoms with Crippen molar-refractivity contribution in [2.75, 3.05) is 0 Å². The van der Waals surface area contributed by atoms with Crippen LogP contribution in [0.2, 0.25) is 0 Å². The van der Waals surface area contributed by atoms with E-state index in [0.717, 1.165) is 17.5 Å². The van der Waals surface area contributed by atoms with Crippen molar-refractivity contribution < 1.29 is 0 Å². The maximum Gasteiger partial charge on any atom is 0.163 e. The third kappa shape index (κ3) is 2.71. The van der Waals surface area contributed by atoms with Crippen molar-refractivity contribution in [2.24, 2.45) is 5.41 Å². The second kappa shape index (κ2) is 6.79. The van der Waals surface area contributed by atoms with Crippen LogP contribution >= 0.6 is 0 Å². The molecule has 4 aromatic carbocycles. The highest BCUT2D eigenvalue weighted by molar-refractivity contribution is 6.53. The van der Waals surface area contributed by atoms with Gasteiger partial charge in [-0.05, 0) is 63.8 Å². The van der Waals surface area contributed by atoms with Crippen LogP contribution in [0.4, 0.5) is 0 Å². The molecule has 0 aliphatic heterocycles. The molecule has 0 saturated carbocycles. The smallest absolute Gasteiger partial charge is 0.163 e. The Hall–Kier alpha value is -3.52. The Balaban J connectivity index is 1.90. The Morgan fingerprint density at radius 1 is 0.800 bits per heavy atom. The SMILES string of the molecule is Bc1nc2c3cc4ccccc4c(C)c3n3c4ccccc4c4c(CC(C)(C)C)cc(c1B)c2c43. The second-order valence-corrected chi connectivity index (χ2v) is 11.6.